The fraction of sp³-hybridized carbons (Fsp3) is 0.100. The number of aromatic nitrogens is 3. The van der Waals surface area contributed by atoms with Crippen molar-refractivity contribution in [2.75, 3.05) is 6.54 Å². The molecule has 0 unspecified atom stereocenters. The maximum absolute atomic E-state index is 12.2. The van der Waals surface area contributed by atoms with Crippen LogP contribution in [0.15, 0.2) is 80.7 Å². The van der Waals surface area contributed by atoms with Gasteiger partial charge >= 0.3 is 0 Å². The first-order chi connectivity index (χ1) is 13.7. The predicted molar refractivity (Wildman–Crippen MR) is 100 cm³/mol. The Hall–Kier alpha value is -3.94. The van der Waals surface area contributed by atoms with Gasteiger partial charge < -0.3 is 14.3 Å². The lowest BCUT2D eigenvalue weighted by atomic mass is 10.1. The fourth-order valence-corrected chi connectivity index (χ4v) is 2.65. The van der Waals surface area contributed by atoms with E-state index in [1.165, 1.54) is 23.1 Å². The number of carbonyl (C=O) groups is 1. The number of amides is 1. The van der Waals surface area contributed by atoms with E-state index in [4.69, 9.17) is 8.94 Å². The highest BCUT2D eigenvalue weighted by atomic mass is 16.5. The van der Waals surface area contributed by atoms with Crippen LogP contribution in [0.4, 0.5) is 0 Å². The standard InChI is InChI=1S/C20H16N4O4/c25-19-9-8-15(14-5-2-1-3-6-14)22-24(19)11-10-21-20(26)16-13-18(28-23-16)17-7-4-12-27-17/h1-9,12-13H,10-11H2,(H,21,26). The Morgan fingerprint density at radius 1 is 1.04 bits per heavy atom. The van der Waals surface area contributed by atoms with Gasteiger partial charge in [0.15, 0.2) is 11.5 Å². The van der Waals surface area contributed by atoms with Crippen LogP contribution in [-0.4, -0.2) is 27.4 Å². The van der Waals surface area contributed by atoms with Crippen LogP contribution in [-0.2, 0) is 6.54 Å². The number of benzene rings is 1. The maximum atomic E-state index is 12.2. The third-order valence-corrected chi connectivity index (χ3v) is 4.05. The topological polar surface area (TPSA) is 103 Å². The van der Waals surface area contributed by atoms with Gasteiger partial charge in [-0.1, -0.05) is 35.5 Å². The molecule has 0 bridgehead atoms. The smallest absolute Gasteiger partial charge is 0.273 e. The molecule has 28 heavy (non-hydrogen) atoms. The third-order valence-electron chi connectivity index (χ3n) is 4.05. The Kier molecular flexibility index (Phi) is 4.83. The van der Waals surface area contributed by atoms with Crippen molar-refractivity contribution in [1.29, 1.82) is 0 Å². The number of nitrogens with zero attached hydrogens (tertiary/aromatic N) is 3. The summed E-state index contributed by atoms with van der Waals surface area (Å²) in [5.74, 6) is 0.442. The molecule has 0 aliphatic rings. The second-order valence-corrected chi connectivity index (χ2v) is 5.96. The summed E-state index contributed by atoms with van der Waals surface area (Å²) in [7, 11) is 0. The summed E-state index contributed by atoms with van der Waals surface area (Å²) in [5.41, 5.74) is 1.49. The zero-order valence-corrected chi connectivity index (χ0v) is 14.7. The number of nitrogens with one attached hydrogen (secondary N) is 1. The van der Waals surface area contributed by atoms with Crippen molar-refractivity contribution in [2.24, 2.45) is 0 Å². The van der Waals surface area contributed by atoms with Crippen molar-refractivity contribution in [2.45, 2.75) is 6.54 Å². The number of hydrogen-bond donors (Lipinski definition) is 1. The van der Waals surface area contributed by atoms with E-state index in [1.807, 2.05) is 30.3 Å². The third kappa shape index (κ3) is 3.75. The molecule has 0 aliphatic carbocycles. The van der Waals surface area contributed by atoms with Crippen LogP contribution in [0.5, 0.6) is 0 Å². The van der Waals surface area contributed by atoms with E-state index in [-0.39, 0.29) is 24.3 Å². The molecule has 0 saturated heterocycles. The Morgan fingerprint density at radius 3 is 2.68 bits per heavy atom. The zero-order chi connectivity index (χ0) is 19.3. The first-order valence-electron chi connectivity index (χ1n) is 8.63. The zero-order valence-electron chi connectivity index (χ0n) is 14.7. The summed E-state index contributed by atoms with van der Waals surface area (Å²) < 4.78 is 11.6. The van der Waals surface area contributed by atoms with Crippen molar-refractivity contribution in [3.63, 3.8) is 0 Å². The van der Waals surface area contributed by atoms with E-state index in [9.17, 15) is 9.59 Å². The lowest BCUT2D eigenvalue weighted by Gasteiger charge is -2.07. The summed E-state index contributed by atoms with van der Waals surface area (Å²) in [6.07, 6.45) is 1.51. The Morgan fingerprint density at radius 2 is 1.89 bits per heavy atom. The minimum atomic E-state index is -0.409. The summed E-state index contributed by atoms with van der Waals surface area (Å²) in [6.45, 7) is 0.446. The highest BCUT2D eigenvalue weighted by molar-refractivity contribution is 5.92. The van der Waals surface area contributed by atoms with Crippen LogP contribution < -0.4 is 10.9 Å². The highest BCUT2D eigenvalue weighted by Crippen LogP contribution is 2.20. The predicted octanol–water partition coefficient (Wildman–Crippen LogP) is 2.59. The molecule has 8 nitrogen and oxygen atoms in total. The van der Waals surface area contributed by atoms with Crippen LogP contribution in [0, 0.1) is 0 Å². The van der Waals surface area contributed by atoms with Gasteiger partial charge in [-0.2, -0.15) is 5.10 Å². The maximum Gasteiger partial charge on any atom is 0.273 e. The van der Waals surface area contributed by atoms with Crippen LogP contribution in [0.25, 0.3) is 22.8 Å². The molecule has 0 fully saturated rings. The van der Waals surface area contributed by atoms with Gasteiger partial charge in [0, 0.05) is 24.2 Å². The molecule has 0 radical (unpaired) electrons. The second kappa shape index (κ2) is 7.75. The first-order valence-corrected chi connectivity index (χ1v) is 8.63. The minimum absolute atomic E-state index is 0.129. The van der Waals surface area contributed by atoms with Gasteiger partial charge in [0.25, 0.3) is 11.5 Å². The van der Waals surface area contributed by atoms with Crippen LogP contribution in [0.1, 0.15) is 10.5 Å². The minimum Gasteiger partial charge on any atom is -0.461 e. The summed E-state index contributed by atoms with van der Waals surface area (Å²) in [4.78, 5) is 24.3. The molecule has 1 N–H and O–H groups in total. The van der Waals surface area contributed by atoms with Crippen molar-refractivity contribution < 1.29 is 13.7 Å². The molecule has 0 atom stereocenters. The quantitative estimate of drug-likeness (QED) is 0.555. The van der Waals surface area contributed by atoms with E-state index in [1.54, 1.807) is 18.2 Å². The lowest BCUT2D eigenvalue weighted by molar-refractivity contribution is 0.0942. The molecular formula is C20H16N4O4. The summed E-state index contributed by atoms with van der Waals surface area (Å²) in [6, 6.07) is 17.6. The molecule has 3 heterocycles. The molecule has 0 saturated carbocycles. The molecule has 140 valence electrons. The van der Waals surface area contributed by atoms with Crippen molar-refractivity contribution in [3.8, 4) is 22.8 Å². The Bertz CT molecular complexity index is 1130. The molecule has 1 amide bonds. The SMILES string of the molecule is O=C(NCCn1nc(-c2ccccc2)ccc1=O)c1cc(-c2ccco2)on1. The first kappa shape index (κ1) is 17.5. The van der Waals surface area contributed by atoms with E-state index in [2.05, 4.69) is 15.6 Å². The van der Waals surface area contributed by atoms with Crippen LogP contribution in [0.3, 0.4) is 0 Å². The van der Waals surface area contributed by atoms with Crippen molar-refractivity contribution in [3.05, 3.63) is 83.0 Å². The van der Waals surface area contributed by atoms with Gasteiger partial charge in [-0.05, 0) is 18.2 Å². The van der Waals surface area contributed by atoms with Gasteiger partial charge in [0.1, 0.15) is 0 Å². The molecule has 0 spiro atoms. The molecule has 4 rings (SSSR count). The summed E-state index contributed by atoms with van der Waals surface area (Å²) in [5, 5.41) is 10.8. The monoisotopic (exact) mass is 376 g/mol. The van der Waals surface area contributed by atoms with Crippen molar-refractivity contribution in [1.82, 2.24) is 20.3 Å². The fourth-order valence-electron chi connectivity index (χ4n) is 2.65. The average molecular weight is 376 g/mol. The molecular weight excluding hydrogens is 360 g/mol. The largest absolute Gasteiger partial charge is 0.461 e. The van der Waals surface area contributed by atoms with Gasteiger partial charge in [0.05, 0.1) is 18.5 Å². The van der Waals surface area contributed by atoms with Gasteiger partial charge in [0.2, 0.25) is 5.76 Å². The molecule has 0 aliphatic heterocycles. The number of carbonyl (C=O) groups excluding carboxylic acids is 1. The van der Waals surface area contributed by atoms with Crippen LogP contribution in [0.2, 0.25) is 0 Å². The van der Waals surface area contributed by atoms with Gasteiger partial charge in [-0.3, -0.25) is 9.59 Å². The molecule has 3 aromatic heterocycles. The van der Waals surface area contributed by atoms with Gasteiger partial charge in [-0.25, -0.2) is 4.68 Å². The summed E-state index contributed by atoms with van der Waals surface area (Å²) >= 11 is 0. The number of rotatable bonds is 6. The Balaban J connectivity index is 1.40. The van der Waals surface area contributed by atoms with Crippen molar-refractivity contribution >= 4 is 5.91 Å². The van der Waals surface area contributed by atoms with Gasteiger partial charge in [-0.15, -0.1) is 0 Å². The van der Waals surface area contributed by atoms with E-state index < -0.39 is 5.91 Å². The lowest BCUT2D eigenvalue weighted by Crippen LogP contribution is -2.32. The van der Waals surface area contributed by atoms with E-state index in [0.29, 0.717) is 17.2 Å². The molecule has 4 aromatic rings. The second-order valence-electron chi connectivity index (χ2n) is 5.96. The van der Waals surface area contributed by atoms with E-state index in [0.717, 1.165) is 5.56 Å². The molecule has 1 aromatic carbocycles. The van der Waals surface area contributed by atoms with E-state index >= 15 is 0 Å². The Labute approximate surface area is 159 Å². The average Bonchev–Trinajstić information content (AvgIpc) is 3.42. The molecule has 8 heteroatoms. The van der Waals surface area contributed by atoms with Crippen LogP contribution >= 0.6 is 0 Å². The highest BCUT2D eigenvalue weighted by Gasteiger charge is 2.15. The number of hydrogen-bond acceptors (Lipinski definition) is 6. The number of furan rings is 1. The normalized spacial score (nSPS) is 10.7.